The van der Waals surface area contributed by atoms with Crippen LogP contribution < -0.4 is 16.4 Å². The second-order valence-corrected chi connectivity index (χ2v) is 6.93. The third kappa shape index (κ3) is 5.71. The van der Waals surface area contributed by atoms with Crippen molar-refractivity contribution in [1.82, 2.24) is 10.2 Å². The summed E-state index contributed by atoms with van der Waals surface area (Å²) >= 11 is 0. The Balaban J connectivity index is 0.00000280. The summed E-state index contributed by atoms with van der Waals surface area (Å²) in [5.41, 5.74) is 9.58. The molecule has 1 aliphatic rings. The summed E-state index contributed by atoms with van der Waals surface area (Å²) in [6.07, 6.45) is 2.11. The molecule has 1 aliphatic heterocycles. The Kier molecular flexibility index (Phi) is 7.84. The molecule has 28 heavy (non-hydrogen) atoms. The number of nitrogens with two attached hydrogens (primary N) is 1. The number of hydrogen-bond acceptors (Lipinski definition) is 3. The summed E-state index contributed by atoms with van der Waals surface area (Å²) in [6.45, 7) is 3.95. The van der Waals surface area contributed by atoms with Gasteiger partial charge in [0.15, 0.2) is 0 Å². The van der Waals surface area contributed by atoms with Gasteiger partial charge in [0.05, 0.1) is 0 Å². The van der Waals surface area contributed by atoms with E-state index in [1.165, 1.54) is 0 Å². The van der Waals surface area contributed by atoms with Crippen LogP contribution in [0.4, 0.5) is 10.5 Å². The number of likely N-dealkylation sites (tertiary alicyclic amines) is 1. The van der Waals surface area contributed by atoms with Crippen molar-refractivity contribution in [2.24, 2.45) is 5.73 Å². The second-order valence-electron chi connectivity index (χ2n) is 6.93. The minimum absolute atomic E-state index is 0. The lowest BCUT2D eigenvalue weighted by atomic mass is 10.1. The van der Waals surface area contributed by atoms with Crippen LogP contribution >= 0.6 is 12.4 Å². The topological polar surface area (TPSA) is 87.5 Å². The molecular weight excluding hydrogens is 376 g/mol. The molecule has 0 saturated carbocycles. The second kappa shape index (κ2) is 10.1. The van der Waals surface area contributed by atoms with Gasteiger partial charge in [-0.2, -0.15) is 0 Å². The van der Waals surface area contributed by atoms with Crippen LogP contribution in [-0.2, 0) is 11.3 Å². The highest BCUT2D eigenvalue weighted by Gasteiger charge is 2.18. The zero-order chi connectivity index (χ0) is 19.2. The van der Waals surface area contributed by atoms with Gasteiger partial charge < -0.3 is 21.3 Å². The van der Waals surface area contributed by atoms with E-state index in [1.807, 2.05) is 60.4 Å². The van der Waals surface area contributed by atoms with Crippen molar-refractivity contribution < 1.29 is 9.59 Å². The molecule has 1 saturated heterocycles. The molecule has 7 heteroatoms. The molecule has 6 nitrogen and oxygen atoms in total. The molecule has 1 fully saturated rings. The SMILES string of the molecule is Cc1ccc(C(N)C(=O)NCc2cccc(NC(=O)N3CCCC3)c2)cc1.Cl. The lowest BCUT2D eigenvalue weighted by Gasteiger charge is -2.17. The maximum atomic E-state index is 12.3. The van der Waals surface area contributed by atoms with E-state index in [1.54, 1.807) is 0 Å². The predicted molar refractivity (Wildman–Crippen MR) is 113 cm³/mol. The quantitative estimate of drug-likeness (QED) is 0.716. The number of carbonyl (C=O) groups excluding carboxylic acids is 2. The van der Waals surface area contributed by atoms with Gasteiger partial charge in [-0.15, -0.1) is 12.4 Å². The molecule has 0 aromatic heterocycles. The molecule has 1 atom stereocenters. The third-order valence-electron chi connectivity index (χ3n) is 4.76. The first kappa shape index (κ1) is 21.7. The summed E-state index contributed by atoms with van der Waals surface area (Å²) < 4.78 is 0. The number of rotatable bonds is 5. The number of amides is 3. The normalized spacial score (nSPS) is 14.1. The van der Waals surface area contributed by atoms with Crippen LogP contribution in [-0.4, -0.2) is 29.9 Å². The number of nitrogens with one attached hydrogen (secondary N) is 2. The Hall–Kier alpha value is -2.57. The average molecular weight is 403 g/mol. The molecule has 1 heterocycles. The average Bonchev–Trinajstić information content (AvgIpc) is 3.21. The minimum Gasteiger partial charge on any atom is -0.350 e. The fourth-order valence-electron chi connectivity index (χ4n) is 3.11. The fraction of sp³-hybridized carbons (Fsp3) is 0.333. The highest BCUT2D eigenvalue weighted by Crippen LogP contribution is 2.15. The maximum absolute atomic E-state index is 12.3. The van der Waals surface area contributed by atoms with Crippen LogP contribution in [0.3, 0.4) is 0 Å². The summed E-state index contributed by atoms with van der Waals surface area (Å²) in [5, 5.41) is 5.78. The molecule has 3 amide bonds. The van der Waals surface area contributed by atoms with Crippen LogP contribution in [0.2, 0.25) is 0 Å². The number of nitrogens with zero attached hydrogens (tertiary/aromatic N) is 1. The standard InChI is InChI=1S/C21H26N4O2.ClH/c1-15-7-9-17(10-8-15)19(22)20(26)23-14-16-5-4-6-18(13-16)24-21(27)25-11-2-3-12-25;/h4-10,13,19H,2-3,11-12,14,22H2,1H3,(H,23,26)(H,24,27);1H. The molecule has 3 rings (SSSR count). The lowest BCUT2D eigenvalue weighted by molar-refractivity contribution is -0.122. The molecule has 150 valence electrons. The van der Waals surface area contributed by atoms with Gasteiger partial charge in [0.25, 0.3) is 0 Å². The van der Waals surface area contributed by atoms with E-state index >= 15 is 0 Å². The van der Waals surface area contributed by atoms with E-state index in [0.29, 0.717) is 6.54 Å². The Bertz CT molecular complexity index is 804. The van der Waals surface area contributed by atoms with Gasteiger partial charge in [0, 0.05) is 25.3 Å². The van der Waals surface area contributed by atoms with Gasteiger partial charge in [-0.3, -0.25) is 4.79 Å². The van der Waals surface area contributed by atoms with Gasteiger partial charge in [-0.25, -0.2) is 4.79 Å². The Labute approximate surface area is 171 Å². The van der Waals surface area contributed by atoms with Crippen molar-refractivity contribution in [3.05, 3.63) is 65.2 Å². The monoisotopic (exact) mass is 402 g/mol. The van der Waals surface area contributed by atoms with Crippen LogP contribution in [0.15, 0.2) is 48.5 Å². The lowest BCUT2D eigenvalue weighted by Crippen LogP contribution is -2.33. The first-order chi connectivity index (χ1) is 13.0. The zero-order valence-corrected chi connectivity index (χ0v) is 16.8. The summed E-state index contributed by atoms with van der Waals surface area (Å²) in [5.74, 6) is -0.231. The maximum Gasteiger partial charge on any atom is 0.321 e. The first-order valence-corrected chi connectivity index (χ1v) is 9.27. The molecule has 2 aromatic carbocycles. The number of halogens is 1. The molecule has 0 aliphatic carbocycles. The van der Waals surface area contributed by atoms with Crippen LogP contribution in [0.5, 0.6) is 0 Å². The van der Waals surface area contributed by atoms with Gasteiger partial charge in [0.2, 0.25) is 5.91 Å². The Morgan fingerprint density at radius 2 is 1.79 bits per heavy atom. The minimum atomic E-state index is -0.705. The molecule has 0 radical (unpaired) electrons. The van der Waals surface area contributed by atoms with Crippen LogP contribution in [0, 0.1) is 6.92 Å². The Morgan fingerprint density at radius 3 is 2.46 bits per heavy atom. The number of anilines is 1. The van der Waals surface area contributed by atoms with Crippen molar-refractivity contribution in [3.63, 3.8) is 0 Å². The number of urea groups is 1. The number of hydrogen-bond donors (Lipinski definition) is 3. The van der Waals surface area contributed by atoms with Gasteiger partial charge in [-0.1, -0.05) is 42.0 Å². The molecule has 2 aromatic rings. The number of aryl methyl sites for hydroxylation is 1. The largest absolute Gasteiger partial charge is 0.350 e. The van der Waals surface area contributed by atoms with Gasteiger partial charge in [0.1, 0.15) is 6.04 Å². The van der Waals surface area contributed by atoms with E-state index in [9.17, 15) is 9.59 Å². The van der Waals surface area contributed by atoms with E-state index in [0.717, 1.165) is 48.3 Å². The van der Waals surface area contributed by atoms with E-state index < -0.39 is 6.04 Å². The van der Waals surface area contributed by atoms with Crippen molar-refractivity contribution in [2.75, 3.05) is 18.4 Å². The first-order valence-electron chi connectivity index (χ1n) is 9.27. The smallest absolute Gasteiger partial charge is 0.321 e. The highest BCUT2D eigenvalue weighted by atomic mass is 35.5. The predicted octanol–water partition coefficient (Wildman–Crippen LogP) is 3.36. The summed E-state index contributed by atoms with van der Waals surface area (Å²) in [7, 11) is 0. The number of carbonyl (C=O) groups is 2. The van der Waals surface area contributed by atoms with Gasteiger partial charge >= 0.3 is 6.03 Å². The molecule has 4 N–H and O–H groups in total. The van der Waals surface area contributed by atoms with Gasteiger partial charge in [-0.05, 0) is 43.0 Å². The van der Waals surface area contributed by atoms with E-state index in [-0.39, 0.29) is 24.3 Å². The zero-order valence-electron chi connectivity index (χ0n) is 16.0. The molecule has 0 spiro atoms. The van der Waals surface area contributed by atoms with Crippen molar-refractivity contribution in [3.8, 4) is 0 Å². The molecule has 0 bridgehead atoms. The number of benzene rings is 2. The summed E-state index contributed by atoms with van der Waals surface area (Å²) in [6, 6.07) is 14.3. The molecule has 1 unspecified atom stereocenters. The Morgan fingerprint density at radius 1 is 1.11 bits per heavy atom. The van der Waals surface area contributed by atoms with Crippen LogP contribution in [0.1, 0.15) is 35.6 Å². The summed E-state index contributed by atoms with van der Waals surface area (Å²) in [4.78, 5) is 26.3. The fourth-order valence-corrected chi connectivity index (χ4v) is 3.11. The highest BCUT2D eigenvalue weighted by molar-refractivity contribution is 5.89. The third-order valence-corrected chi connectivity index (χ3v) is 4.76. The van der Waals surface area contributed by atoms with E-state index in [4.69, 9.17) is 5.73 Å². The van der Waals surface area contributed by atoms with Crippen LogP contribution in [0.25, 0.3) is 0 Å². The van der Waals surface area contributed by atoms with E-state index in [2.05, 4.69) is 10.6 Å². The van der Waals surface area contributed by atoms with Crippen molar-refractivity contribution in [2.45, 2.75) is 32.4 Å². The molecular formula is C21H27ClN4O2. The van der Waals surface area contributed by atoms with Crippen molar-refractivity contribution >= 4 is 30.0 Å². The van der Waals surface area contributed by atoms with Crippen molar-refractivity contribution in [1.29, 1.82) is 0 Å².